The number of methoxy groups -OCH3 is 1. The molecule has 1 fully saturated rings. The number of aliphatic hydroxyl groups excluding tert-OH is 1. The Kier molecular flexibility index (Phi) is 8.52. The molecular weight excluding hydrogens is 316 g/mol. The van der Waals surface area contributed by atoms with E-state index in [9.17, 15) is 5.11 Å². The van der Waals surface area contributed by atoms with Crippen LogP contribution in [0.4, 0.5) is 0 Å². The number of rotatable bonds is 9. The summed E-state index contributed by atoms with van der Waals surface area (Å²) in [5, 5.41) is 13.7. The third kappa shape index (κ3) is 7.22. The lowest BCUT2D eigenvalue weighted by molar-refractivity contribution is 0.0826. The number of nitrogens with one attached hydrogen (secondary N) is 1. The molecule has 0 radical (unpaired) electrons. The Morgan fingerprint density at radius 1 is 1.20 bits per heavy atom. The molecule has 25 heavy (non-hydrogen) atoms. The quantitative estimate of drug-likeness (QED) is 0.671. The number of hydrogen-bond donors (Lipinski definition) is 2. The molecule has 2 rings (SSSR count). The summed E-state index contributed by atoms with van der Waals surface area (Å²) in [5.74, 6) is 1.65. The number of aliphatic hydroxyl groups is 1. The Bertz CT molecular complexity index is 500. The summed E-state index contributed by atoms with van der Waals surface area (Å²) < 4.78 is 11.3. The summed E-state index contributed by atoms with van der Waals surface area (Å²) in [4.78, 5) is 1.95. The third-order valence-electron chi connectivity index (χ3n) is 4.71. The van der Waals surface area contributed by atoms with Crippen LogP contribution in [-0.2, 0) is 6.54 Å². The van der Waals surface area contributed by atoms with Gasteiger partial charge in [-0.05, 0) is 45.1 Å². The summed E-state index contributed by atoms with van der Waals surface area (Å²) in [6.45, 7) is 1.65. The first-order valence-electron chi connectivity index (χ1n) is 9.44. The average molecular weight is 351 g/mol. The molecule has 0 bridgehead atoms. The number of benzene rings is 1. The van der Waals surface area contributed by atoms with Gasteiger partial charge >= 0.3 is 0 Å². The molecule has 1 aromatic carbocycles. The fraction of sp³-hybridized carbons (Fsp3) is 0.700. The lowest BCUT2D eigenvalue weighted by atomic mass is 10.1. The van der Waals surface area contributed by atoms with E-state index in [0.717, 1.165) is 23.6 Å². The Morgan fingerprint density at radius 2 is 1.92 bits per heavy atom. The molecule has 0 spiro atoms. The zero-order valence-electron chi connectivity index (χ0n) is 16.0. The van der Waals surface area contributed by atoms with Crippen LogP contribution in [0.5, 0.6) is 11.5 Å². The molecule has 0 amide bonds. The third-order valence-corrected chi connectivity index (χ3v) is 4.71. The van der Waals surface area contributed by atoms with Crippen LogP contribution in [-0.4, -0.2) is 56.5 Å². The molecule has 1 atom stereocenters. The van der Waals surface area contributed by atoms with Crippen molar-refractivity contribution >= 4 is 0 Å². The van der Waals surface area contributed by atoms with E-state index in [-0.39, 0.29) is 0 Å². The molecule has 5 heteroatoms. The molecule has 1 aliphatic rings. The number of ether oxygens (including phenoxy) is 2. The van der Waals surface area contributed by atoms with E-state index < -0.39 is 6.10 Å². The predicted molar refractivity (Wildman–Crippen MR) is 101 cm³/mol. The van der Waals surface area contributed by atoms with Crippen molar-refractivity contribution in [1.82, 2.24) is 10.2 Å². The van der Waals surface area contributed by atoms with E-state index in [1.807, 2.05) is 37.2 Å². The van der Waals surface area contributed by atoms with Crippen molar-refractivity contribution in [2.24, 2.45) is 0 Å². The van der Waals surface area contributed by atoms with E-state index in [4.69, 9.17) is 9.47 Å². The van der Waals surface area contributed by atoms with Gasteiger partial charge in [-0.25, -0.2) is 0 Å². The van der Waals surface area contributed by atoms with Gasteiger partial charge in [0.05, 0.1) is 7.11 Å². The lowest BCUT2D eigenvalue weighted by Crippen LogP contribution is -2.31. The number of hydrogen-bond acceptors (Lipinski definition) is 5. The first-order valence-corrected chi connectivity index (χ1v) is 9.44. The van der Waals surface area contributed by atoms with Gasteiger partial charge in [-0.1, -0.05) is 25.7 Å². The molecule has 5 nitrogen and oxygen atoms in total. The highest BCUT2D eigenvalue weighted by Crippen LogP contribution is 2.25. The number of nitrogens with zero attached hydrogens (tertiary/aromatic N) is 1. The average Bonchev–Trinajstić information content (AvgIpc) is 2.86. The van der Waals surface area contributed by atoms with Crippen molar-refractivity contribution in [3.8, 4) is 11.5 Å². The molecular formula is C20H34N2O3. The summed E-state index contributed by atoms with van der Waals surface area (Å²) in [6.07, 6.45) is 7.35. The highest BCUT2D eigenvalue weighted by molar-refractivity contribution is 5.40. The molecule has 142 valence electrons. The fourth-order valence-electron chi connectivity index (χ4n) is 3.36. The first-order chi connectivity index (χ1) is 12.1. The van der Waals surface area contributed by atoms with Gasteiger partial charge in [0.25, 0.3) is 0 Å². The largest absolute Gasteiger partial charge is 0.497 e. The van der Waals surface area contributed by atoms with Gasteiger partial charge in [0, 0.05) is 24.7 Å². The van der Waals surface area contributed by atoms with Crippen molar-refractivity contribution < 1.29 is 14.6 Å². The van der Waals surface area contributed by atoms with E-state index in [2.05, 4.69) is 5.32 Å². The SMILES string of the molecule is COc1ccc(OC[C@H](O)CN(C)C)c(CNC2CCCCCC2)c1. The summed E-state index contributed by atoms with van der Waals surface area (Å²) in [6, 6.07) is 6.45. The minimum atomic E-state index is -0.500. The molecule has 0 heterocycles. The van der Waals surface area contributed by atoms with E-state index in [0.29, 0.717) is 19.2 Å². The normalized spacial score (nSPS) is 17.3. The van der Waals surface area contributed by atoms with E-state index >= 15 is 0 Å². The Morgan fingerprint density at radius 3 is 2.56 bits per heavy atom. The minimum absolute atomic E-state index is 0.293. The first kappa shape index (κ1) is 20.0. The van der Waals surface area contributed by atoms with Crippen LogP contribution in [0.15, 0.2) is 18.2 Å². The molecule has 1 aromatic rings. The van der Waals surface area contributed by atoms with Crippen LogP contribution in [0.3, 0.4) is 0 Å². The summed E-state index contributed by atoms with van der Waals surface area (Å²) >= 11 is 0. The van der Waals surface area contributed by atoms with Crippen LogP contribution >= 0.6 is 0 Å². The van der Waals surface area contributed by atoms with Crippen molar-refractivity contribution in [2.45, 2.75) is 57.2 Å². The fourth-order valence-corrected chi connectivity index (χ4v) is 3.36. The second-order valence-corrected chi connectivity index (χ2v) is 7.27. The van der Waals surface area contributed by atoms with Gasteiger partial charge in [-0.15, -0.1) is 0 Å². The minimum Gasteiger partial charge on any atom is -0.497 e. The van der Waals surface area contributed by atoms with E-state index in [1.165, 1.54) is 38.5 Å². The van der Waals surface area contributed by atoms with Crippen molar-refractivity contribution in [3.63, 3.8) is 0 Å². The van der Waals surface area contributed by atoms with Gasteiger partial charge < -0.3 is 24.8 Å². The molecule has 0 unspecified atom stereocenters. The summed E-state index contributed by atoms with van der Waals surface area (Å²) in [5.41, 5.74) is 1.08. The maximum atomic E-state index is 10.0. The molecule has 1 saturated carbocycles. The van der Waals surface area contributed by atoms with Crippen LogP contribution in [0, 0.1) is 0 Å². The second kappa shape index (κ2) is 10.6. The maximum absolute atomic E-state index is 10.0. The maximum Gasteiger partial charge on any atom is 0.124 e. The molecule has 0 aromatic heterocycles. The predicted octanol–water partition coefficient (Wildman–Crippen LogP) is 2.81. The smallest absolute Gasteiger partial charge is 0.124 e. The second-order valence-electron chi connectivity index (χ2n) is 7.27. The van der Waals surface area contributed by atoms with Gasteiger partial charge in [0.15, 0.2) is 0 Å². The van der Waals surface area contributed by atoms with Crippen LogP contribution < -0.4 is 14.8 Å². The Hall–Kier alpha value is -1.30. The molecule has 1 aliphatic carbocycles. The van der Waals surface area contributed by atoms with Crippen LogP contribution in [0.1, 0.15) is 44.1 Å². The van der Waals surface area contributed by atoms with Crippen molar-refractivity contribution in [3.05, 3.63) is 23.8 Å². The van der Waals surface area contributed by atoms with E-state index in [1.54, 1.807) is 7.11 Å². The lowest BCUT2D eigenvalue weighted by Gasteiger charge is -2.20. The molecule has 2 N–H and O–H groups in total. The van der Waals surface area contributed by atoms with Crippen LogP contribution in [0.2, 0.25) is 0 Å². The zero-order chi connectivity index (χ0) is 18.1. The Labute approximate surface area is 152 Å². The topological polar surface area (TPSA) is 54.0 Å². The standard InChI is InChI=1S/C20H34N2O3/c1-22(2)14-18(23)15-25-20-11-10-19(24-3)12-16(20)13-21-17-8-6-4-5-7-9-17/h10-12,17-18,21,23H,4-9,13-15H2,1-3H3/t18-/m1/s1. The summed E-state index contributed by atoms with van der Waals surface area (Å²) in [7, 11) is 5.57. The van der Waals surface area contributed by atoms with Gasteiger partial charge in [-0.3, -0.25) is 0 Å². The Balaban J connectivity index is 1.96. The molecule has 0 saturated heterocycles. The van der Waals surface area contributed by atoms with Crippen molar-refractivity contribution in [2.75, 3.05) is 34.4 Å². The van der Waals surface area contributed by atoms with Gasteiger partial charge in [0.2, 0.25) is 0 Å². The molecule has 0 aliphatic heterocycles. The van der Waals surface area contributed by atoms with Gasteiger partial charge in [-0.2, -0.15) is 0 Å². The van der Waals surface area contributed by atoms with Crippen molar-refractivity contribution in [1.29, 1.82) is 0 Å². The number of likely N-dealkylation sites (N-methyl/N-ethyl adjacent to an activating group) is 1. The van der Waals surface area contributed by atoms with Gasteiger partial charge in [0.1, 0.15) is 24.2 Å². The van der Waals surface area contributed by atoms with Crippen LogP contribution in [0.25, 0.3) is 0 Å². The highest BCUT2D eigenvalue weighted by Gasteiger charge is 2.14. The zero-order valence-corrected chi connectivity index (χ0v) is 16.0. The highest BCUT2D eigenvalue weighted by atomic mass is 16.5. The monoisotopic (exact) mass is 350 g/mol.